The first-order valence-corrected chi connectivity index (χ1v) is 7.53. The maximum atomic E-state index is 11.8. The van der Waals surface area contributed by atoms with Gasteiger partial charge in [-0.1, -0.05) is 35.1 Å². The third kappa shape index (κ3) is 3.00. The van der Waals surface area contributed by atoms with Gasteiger partial charge in [-0.25, -0.2) is 0 Å². The highest BCUT2D eigenvalue weighted by molar-refractivity contribution is 7.18. The lowest BCUT2D eigenvalue weighted by Crippen LogP contribution is -2.37. The van der Waals surface area contributed by atoms with Gasteiger partial charge in [0.15, 0.2) is 5.13 Å². The van der Waals surface area contributed by atoms with Crippen molar-refractivity contribution in [2.24, 2.45) is 0 Å². The molecule has 1 fully saturated rings. The third-order valence-electron chi connectivity index (χ3n) is 3.05. The summed E-state index contributed by atoms with van der Waals surface area (Å²) in [4.78, 5) is 18.9. The van der Waals surface area contributed by atoms with Crippen LogP contribution in [0.1, 0.15) is 0 Å². The van der Waals surface area contributed by atoms with Crippen molar-refractivity contribution >= 4 is 28.1 Å². The van der Waals surface area contributed by atoms with E-state index < -0.39 is 0 Å². The number of morpholine rings is 1. The highest BCUT2D eigenvalue weighted by Gasteiger charge is 2.15. The number of hydrogen-bond donors (Lipinski definition) is 0. The number of benzene rings is 1. The van der Waals surface area contributed by atoms with Gasteiger partial charge in [0.1, 0.15) is 0 Å². The zero-order chi connectivity index (χ0) is 13.9. The summed E-state index contributed by atoms with van der Waals surface area (Å²) in [7, 11) is 0. The molecule has 1 aliphatic rings. The molecule has 0 N–H and O–H groups in total. The highest BCUT2D eigenvalue weighted by Crippen LogP contribution is 2.29. The summed E-state index contributed by atoms with van der Waals surface area (Å²) >= 11 is 7.51. The van der Waals surface area contributed by atoms with Crippen LogP contribution in [-0.2, 0) is 4.74 Å². The summed E-state index contributed by atoms with van der Waals surface area (Å²) in [5, 5.41) is 1.41. The number of aromatic nitrogens is 1. The van der Waals surface area contributed by atoms with Gasteiger partial charge in [-0.05, 0) is 17.7 Å². The molecule has 2 heterocycles. The Hall–Kier alpha value is -1.43. The Bertz CT molecular complexity index is 668. The van der Waals surface area contributed by atoms with Crippen molar-refractivity contribution in [3.05, 3.63) is 45.7 Å². The van der Waals surface area contributed by atoms with Crippen molar-refractivity contribution in [3.8, 4) is 10.4 Å². The molecule has 2 aromatic rings. The lowest BCUT2D eigenvalue weighted by Gasteiger charge is -2.27. The smallest absolute Gasteiger partial charge is 0.273 e. The third-order valence-corrected chi connectivity index (χ3v) is 4.39. The van der Waals surface area contributed by atoms with Gasteiger partial charge >= 0.3 is 0 Å². The predicted molar refractivity (Wildman–Crippen MR) is 81.9 cm³/mol. The molecule has 0 unspecified atom stereocenters. The van der Waals surface area contributed by atoms with Crippen LogP contribution < -0.4 is 10.5 Å². The standard InChI is InChI=1S/C14H13ClN2O2S/c15-11-3-1-2-10(8-11)12-9-13(18)16-14(20-12)17-4-6-19-7-5-17/h1-3,8-9H,4-7H2. The van der Waals surface area contributed by atoms with E-state index in [4.69, 9.17) is 16.3 Å². The minimum atomic E-state index is -0.222. The van der Waals surface area contributed by atoms with E-state index in [0.29, 0.717) is 18.2 Å². The van der Waals surface area contributed by atoms with Crippen LogP contribution in [0.2, 0.25) is 5.02 Å². The molecule has 6 heteroatoms. The summed E-state index contributed by atoms with van der Waals surface area (Å²) in [5.41, 5.74) is 0.719. The Morgan fingerprint density at radius 3 is 2.80 bits per heavy atom. The topological polar surface area (TPSA) is 42.4 Å². The van der Waals surface area contributed by atoms with E-state index in [2.05, 4.69) is 9.88 Å². The molecule has 0 spiro atoms. The minimum absolute atomic E-state index is 0.222. The molecule has 0 bridgehead atoms. The number of anilines is 1. The monoisotopic (exact) mass is 308 g/mol. The fourth-order valence-corrected chi connectivity index (χ4v) is 3.30. The van der Waals surface area contributed by atoms with Crippen molar-refractivity contribution in [1.29, 1.82) is 0 Å². The zero-order valence-corrected chi connectivity index (χ0v) is 12.3. The van der Waals surface area contributed by atoms with Gasteiger partial charge < -0.3 is 9.64 Å². The Morgan fingerprint density at radius 2 is 2.05 bits per heavy atom. The molecule has 4 nitrogen and oxygen atoms in total. The van der Waals surface area contributed by atoms with Gasteiger partial charge in [0.2, 0.25) is 0 Å². The zero-order valence-electron chi connectivity index (χ0n) is 10.7. The van der Waals surface area contributed by atoms with E-state index >= 15 is 0 Å². The second kappa shape index (κ2) is 5.91. The van der Waals surface area contributed by atoms with Crippen molar-refractivity contribution in [2.45, 2.75) is 0 Å². The molecule has 0 radical (unpaired) electrons. The average Bonchev–Trinajstić information content (AvgIpc) is 2.47. The van der Waals surface area contributed by atoms with E-state index in [1.165, 1.54) is 11.3 Å². The average molecular weight is 309 g/mol. The molecule has 0 aliphatic carbocycles. The first-order valence-electron chi connectivity index (χ1n) is 6.33. The molecular weight excluding hydrogens is 296 g/mol. The molecule has 104 valence electrons. The number of halogens is 1. The fraction of sp³-hybridized carbons (Fsp3) is 0.286. The van der Waals surface area contributed by atoms with Crippen LogP contribution in [0.3, 0.4) is 0 Å². The second-order valence-corrected chi connectivity index (χ2v) is 5.90. The van der Waals surface area contributed by atoms with Crippen LogP contribution in [0.25, 0.3) is 10.4 Å². The van der Waals surface area contributed by atoms with Crippen molar-refractivity contribution < 1.29 is 4.74 Å². The van der Waals surface area contributed by atoms with Crippen LogP contribution in [0.15, 0.2) is 35.1 Å². The normalized spacial score (nSPS) is 15.3. The quantitative estimate of drug-likeness (QED) is 0.855. The van der Waals surface area contributed by atoms with Crippen molar-refractivity contribution in [2.75, 3.05) is 31.2 Å². The van der Waals surface area contributed by atoms with Gasteiger partial charge in [-0.3, -0.25) is 4.79 Å². The van der Waals surface area contributed by atoms with Gasteiger partial charge in [0.05, 0.1) is 13.2 Å². The molecule has 0 saturated carbocycles. The molecular formula is C14H13ClN2O2S. The van der Waals surface area contributed by atoms with Crippen molar-refractivity contribution in [1.82, 2.24) is 4.98 Å². The number of ether oxygens (including phenoxy) is 1. The summed E-state index contributed by atoms with van der Waals surface area (Å²) in [6.45, 7) is 2.87. The van der Waals surface area contributed by atoms with E-state index in [9.17, 15) is 4.79 Å². The Labute approximate surface area is 125 Å². The first-order chi connectivity index (χ1) is 9.72. The summed E-state index contributed by atoms with van der Waals surface area (Å²) in [5.74, 6) is 0. The largest absolute Gasteiger partial charge is 0.378 e. The minimum Gasteiger partial charge on any atom is -0.378 e. The van der Waals surface area contributed by atoms with Gasteiger partial charge in [0, 0.05) is 29.1 Å². The highest BCUT2D eigenvalue weighted by atomic mass is 35.5. The fourth-order valence-electron chi connectivity index (χ4n) is 2.06. The molecule has 0 atom stereocenters. The number of hydrogen-bond acceptors (Lipinski definition) is 5. The summed E-state index contributed by atoms with van der Waals surface area (Å²) < 4.78 is 5.32. The Morgan fingerprint density at radius 1 is 1.25 bits per heavy atom. The molecule has 20 heavy (non-hydrogen) atoms. The van der Waals surface area contributed by atoms with E-state index in [-0.39, 0.29) is 5.56 Å². The molecule has 1 aromatic carbocycles. The number of rotatable bonds is 2. The van der Waals surface area contributed by atoms with Crippen LogP contribution in [0.4, 0.5) is 5.13 Å². The summed E-state index contributed by atoms with van der Waals surface area (Å²) in [6, 6.07) is 9.05. The van der Waals surface area contributed by atoms with Crippen LogP contribution in [0, 0.1) is 0 Å². The Kier molecular flexibility index (Phi) is 4.00. The second-order valence-electron chi connectivity index (χ2n) is 4.45. The predicted octanol–water partition coefficient (Wildman–Crippen LogP) is 2.66. The van der Waals surface area contributed by atoms with Crippen molar-refractivity contribution in [3.63, 3.8) is 0 Å². The Balaban J connectivity index is 2.00. The SMILES string of the molecule is O=c1cc(-c2cccc(Cl)c2)sc(N2CCOCC2)n1. The van der Waals surface area contributed by atoms with Crippen LogP contribution >= 0.6 is 22.9 Å². The van der Waals surface area contributed by atoms with E-state index in [1.807, 2.05) is 24.3 Å². The van der Waals surface area contributed by atoms with Crippen LogP contribution in [-0.4, -0.2) is 31.3 Å². The van der Waals surface area contributed by atoms with E-state index in [1.54, 1.807) is 6.07 Å². The maximum absolute atomic E-state index is 11.8. The van der Waals surface area contributed by atoms with Gasteiger partial charge in [0.25, 0.3) is 5.56 Å². The van der Waals surface area contributed by atoms with E-state index in [0.717, 1.165) is 28.7 Å². The van der Waals surface area contributed by atoms with Gasteiger partial charge in [-0.2, -0.15) is 4.98 Å². The summed E-state index contributed by atoms with van der Waals surface area (Å²) in [6.07, 6.45) is 0. The molecule has 1 aliphatic heterocycles. The lowest BCUT2D eigenvalue weighted by molar-refractivity contribution is 0.122. The first kappa shape index (κ1) is 13.5. The maximum Gasteiger partial charge on any atom is 0.273 e. The van der Waals surface area contributed by atoms with Crippen LogP contribution in [0.5, 0.6) is 0 Å². The lowest BCUT2D eigenvalue weighted by atomic mass is 10.2. The number of nitrogens with zero attached hydrogens (tertiary/aromatic N) is 2. The molecule has 3 rings (SSSR count). The van der Waals surface area contributed by atoms with Gasteiger partial charge in [-0.15, -0.1) is 0 Å². The molecule has 0 amide bonds. The molecule has 1 saturated heterocycles. The molecule has 1 aromatic heterocycles.